The fourth-order valence-corrected chi connectivity index (χ4v) is 3.39. The predicted octanol–water partition coefficient (Wildman–Crippen LogP) is 3.46. The standard InChI is InChI=1S/C16H24ClNO2/c1-4-12-9-13(8-11-6-5-7-18-10-11)16(20-3)14(17)15(12)19-2/h9,11,18H,4-8,10H2,1-3H3. The van der Waals surface area contributed by atoms with Gasteiger partial charge in [-0.25, -0.2) is 0 Å². The number of methoxy groups -OCH3 is 2. The van der Waals surface area contributed by atoms with Gasteiger partial charge in [-0.3, -0.25) is 0 Å². The minimum absolute atomic E-state index is 0.605. The summed E-state index contributed by atoms with van der Waals surface area (Å²) in [6.07, 6.45) is 4.43. The first kappa shape index (κ1) is 15.5. The van der Waals surface area contributed by atoms with Gasteiger partial charge in [-0.05, 0) is 61.9 Å². The Hall–Kier alpha value is -0.930. The monoisotopic (exact) mass is 297 g/mol. The zero-order valence-corrected chi connectivity index (χ0v) is 13.3. The highest BCUT2D eigenvalue weighted by Gasteiger charge is 2.21. The van der Waals surface area contributed by atoms with Crippen molar-refractivity contribution in [3.05, 3.63) is 22.2 Å². The number of benzene rings is 1. The van der Waals surface area contributed by atoms with Crippen molar-refractivity contribution in [3.8, 4) is 11.5 Å². The van der Waals surface area contributed by atoms with E-state index in [1.165, 1.54) is 18.4 Å². The molecule has 1 aliphatic heterocycles. The van der Waals surface area contributed by atoms with Crippen LogP contribution in [0.5, 0.6) is 11.5 Å². The molecule has 0 radical (unpaired) electrons. The molecule has 1 fully saturated rings. The van der Waals surface area contributed by atoms with Gasteiger partial charge in [-0.15, -0.1) is 0 Å². The first-order valence-corrected chi connectivity index (χ1v) is 7.72. The van der Waals surface area contributed by atoms with Gasteiger partial charge < -0.3 is 14.8 Å². The second-order valence-electron chi connectivity index (χ2n) is 5.35. The van der Waals surface area contributed by atoms with Gasteiger partial charge in [0.25, 0.3) is 0 Å². The van der Waals surface area contributed by atoms with Crippen LogP contribution < -0.4 is 14.8 Å². The van der Waals surface area contributed by atoms with Crippen LogP contribution in [-0.4, -0.2) is 27.3 Å². The second kappa shape index (κ2) is 7.19. The molecule has 20 heavy (non-hydrogen) atoms. The molecule has 1 heterocycles. The number of piperidine rings is 1. The summed E-state index contributed by atoms with van der Waals surface area (Å²) in [5.74, 6) is 2.18. The molecule has 4 heteroatoms. The van der Waals surface area contributed by atoms with E-state index in [2.05, 4.69) is 18.3 Å². The van der Waals surface area contributed by atoms with Gasteiger partial charge in [0, 0.05) is 0 Å². The van der Waals surface area contributed by atoms with Crippen LogP contribution in [0.1, 0.15) is 30.9 Å². The largest absolute Gasteiger partial charge is 0.495 e. The summed E-state index contributed by atoms with van der Waals surface area (Å²) >= 11 is 6.45. The van der Waals surface area contributed by atoms with Crippen LogP contribution in [0, 0.1) is 5.92 Å². The second-order valence-corrected chi connectivity index (χ2v) is 5.72. The molecular formula is C16H24ClNO2. The van der Waals surface area contributed by atoms with E-state index in [4.69, 9.17) is 21.1 Å². The third-order valence-corrected chi connectivity index (χ3v) is 4.37. The third-order valence-electron chi connectivity index (χ3n) is 4.03. The lowest BCUT2D eigenvalue weighted by atomic mass is 9.91. The highest BCUT2D eigenvalue weighted by atomic mass is 35.5. The van der Waals surface area contributed by atoms with Crippen molar-refractivity contribution in [2.75, 3.05) is 27.3 Å². The molecule has 0 saturated carbocycles. The number of nitrogens with one attached hydrogen (secondary N) is 1. The number of ether oxygens (including phenoxy) is 2. The SMILES string of the molecule is CCc1cc(CC2CCCNC2)c(OC)c(Cl)c1OC. The Balaban J connectivity index is 2.32. The Kier molecular flexibility index (Phi) is 5.55. The van der Waals surface area contributed by atoms with E-state index in [1.54, 1.807) is 14.2 Å². The third kappa shape index (κ3) is 3.21. The summed E-state index contributed by atoms with van der Waals surface area (Å²) in [6.45, 7) is 4.33. The Bertz CT molecular complexity index is 456. The van der Waals surface area contributed by atoms with Gasteiger partial charge >= 0.3 is 0 Å². The predicted molar refractivity (Wildman–Crippen MR) is 83.2 cm³/mol. The van der Waals surface area contributed by atoms with Crippen molar-refractivity contribution in [2.45, 2.75) is 32.6 Å². The fraction of sp³-hybridized carbons (Fsp3) is 0.625. The van der Waals surface area contributed by atoms with Crippen molar-refractivity contribution in [1.82, 2.24) is 5.32 Å². The van der Waals surface area contributed by atoms with E-state index in [0.717, 1.165) is 43.0 Å². The van der Waals surface area contributed by atoms with Crippen LogP contribution >= 0.6 is 11.6 Å². The van der Waals surface area contributed by atoms with Crippen LogP contribution in [0.2, 0.25) is 5.02 Å². The van der Waals surface area contributed by atoms with Crippen LogP contribution in [0.4, 0.5) is 0 Å². The van der Waals surface area contributed by atoms with Crippen molar-refractivity contribution in [3.63, 3.8) is 0 Å². The lowest BCUT2D eigenvalue weighted by Gasteiger charge is -2.24. The molecule has 0 amide bonds. The van der Waals surface area contributed by atoms with Crippen molar-refractivity contribution >= 4 is 11.6 Å². The van der Waals surface area contributed by atoms with Gasteiger partial charge in [-0.2, -0.15) is 0 Å². The lowest BCUT2D eigenvalue weighted by Crippen LogP contribution is -2.31. The zero-order chi connectivity index (χ0) is 14.5. The molecule has 1 aromatic rings. The van der Waals surface area contributed by atoms with Crippen molar-refractivity contribution < 1.29 is 9.47 Å². The topological polar surface area (TPSA) is 30.5 Å². The van der Waals surface area contributed by atoms with Crippen LogP contribution in [-0.2, 0) is 12.8 Å². The van der Waals surface area contributed by atoms with Gasteiger partial charge in [0.2, 0.25) is 0 Å². The molecule has 0 aliphatic carbocycles. The van der Waals surface area contributed by atoms with Gasteiger partial charge in [0.1, 0.15) is 16.5 Å². The number of hydrogen-bond acceptors (Lipinski definition) is 3. The van der Waals surface area contributed by atoms with Gasteiger partial charge in [0.05, 0.1) is 14.2 Å². The molecule has 1 N–H and O–H groups in total. The molecule has 0 aromatic heterocycles. The van der Waals surface area contributed by atoms with E-state index >= 15 is 0 Å². The molecule has 1 unspecified atom stereocenters. The number of rotatable bonds is 5. The molecule has 1 atom stereocenters. The van der Waals surface area contributed by atoms with Gasteiger partial charge in [-0.1, -0.05) is 18.5 Å². The van der Waals surface area contributed by atoms with E-state index in [9.17, 15) is 0 Å². The Labute approximate surface area is 126 Å². The number of halogens is 1. The number of aryl methyl sites for hydroxylation is 1. The number of hydrogen-bond donors (Lipinski definition) is 1. The maximum atomic E-state index is 6.45. The van der Waals surface area contributed by atoms with Gasteiger partial charge in [0.15, 0.2) is 0 Å². The lowest BCUT2D eigenvalue weighted by molar-refractivity contribution is 0.360. The summed E-state index contributed by atoms with van der Waals surface area (Å²) < 4.78 is 11.0. The molecule has 0 bridgehead atoms. The maximum Gasteiger partial charge on any atom is 0.144 e. The average molecular weight is 298 g/mol. The highest BCUT2D eigenvalue weighted by molar-refractivity contribution is 6.33. The summed E-state index contributed by atoms with van der Waals surface area (Å²) in [5, 5.41) is 4.06. The molecule has 1 aliphatic rings. The minimum atomic E-state index is 0.605. The Morgan fingerprint density at radius 3 is 2.50 bits per heavy atom. The highest BCUT2D eigenvalue weighted by Crippen LogP contribution is 2.41. The molecule has 1 aromatic carbocycles. The molecule has 1 saturated heterocycles. The van der Waals surface area contributed by atoms with E-state index < -0.39 is 0 Å². The normalized spacial score (nSPS) is 18.9. The van der Waals surface area contributed by atoms with Crippen molar-refractivity contribution in [2.24, 2.45) is 5.92 Å². The summed E-state index contributed by atoms with van der Waals surface area (Å²) in [6, 6.07) is 2.19. The average Bonchev–Trinajstić information content (AvgIpc) is 2.48. The van der Waals surface area contributed by atoms with Crippen LogP contribution in [0.3, 0.4) is 0 Å². The summed E-state index contributed by atoms with van der Waals surface area (Å²) in [7, 11) is 3.33. The Morgan fingerprint density at radius 1 is 1.25 bits per heavy atom. The molecule has 112 valence electrons. The summed E-state index contributed by atoms with van der Waals surface area (Å²) in [4.78, 5) is 0. The molecule has 0 spiro atoms. The Morgan fingerprint density at radius 2 is 1.95 bits per heavy atom. The van der Waals surface area contributed by atoms with E-state index in [0.29, 0.717) is 10.9 Å². The van der Waals surface area contributed by atoms with Crippen LogP contribution in [0.25, 0.3) is 0 Å². The first-order chi connectivity index (χ1) is 9.71. The smallest absolute Gasteiger partial charge is 0.144 e. The minimum Gasteiger partial charge on any atom is -0.495 e. The van der Waals surface area contributed by atoms with E-state index in [1.807, 2.05) is 0 Å². The van der Waals surface area contributed by atoms with E-state index in [-0.39, 0.29) is 0 Å². The fourth-order valence-electron chi connectivity index (χ4n) is 2.99. The summed E-state index contributed by atoms with van der Waals surface area (Å²) in [5.41, 5.74) is 2.35. The first-order valence-electron chi connectivity index (χ1n) is 7.34. The van der Waals surface area contributed by atoms with Crippen LogP contribution in [0.15, 0.2) is 6.07 Å². The maximum absolute atomic E-state index is 6.45. The zero-order valence-electron chi connectivity index (χ0n) is 12.6. The molecule has 2 rings (SSSR count). The quantitative estimate of drug-likeness (QED) is 0.903. The molecular weight excluding hydrogens is 274 g/mol. The van der Waals surface area contributed by atoms with Crippen molar-refractivity contribution in [1.29, 1.82) is 0 Å². The molecule has 3 nitrogen and oxygen atoms in total.